The Morgan fingerprint density at radius 3 is 2.22 bits per heavy atom. The molecule has 0 spiro atoms. The molecule has 0 radical (unpaired) electrons. The summed E-state index contributed by atoms with van der Waals surface area (Å²) in [5.74, 6) is 0. The molecular weight excluding hydrogens is 139 g/mol. The second-order valence-corrected chi connectivity index (χ2v) is 2.41. The third-order valence-corrected chi connectivity index (χ3v) is 1.53. The SMILES string of the molecule is C=C/C(C)=C(/O)P(=O)=O. The van der Waals surface area contributed by atoms with E-state index in [0.717, 1.165) is 0 Å². The molecule has 9 heavy (non-hydrogen) atoms. The van der Waals surface area contributed by atoms with Crippen LogP contribution < -0.4 is 0 Å². The fraction of sp³-hybridized carbons (Fsp3) is 0.200. The Kier molecular flexibility index (Phi) is 2.96. The van der Waals surface area contributed by atoms with Crippen LogP contribution in [0.3, 0.4) is 0 Å². The van der Waals surface area contributed by atoms with Crippen molar-refractivity contribution in [1.82, 2.24) is 0 Å². The molecule has 50 valence electrons. The molecule has 0 aromatic carbocycles. The Labute approximate surface area is 53.5 Å². The molecule has 1 N–H and O–H groups in total. The Morgan fingerprint density at radius 1 is 1.67 bits per heavy atom. The second kappa shape index (κ2) is 3.25. The van der Waals surface area contributed by atoms with Crippen LogP contribution in [0.4, 0.5) is 0 Å². The molecule has 0 aliphatic rings. The van der Waals surface area contributed by atoms with Gasteiger partial charge in [0.2, 0.25) is 5.50 Å². The van der Waals surface area contributed by atoms with Crippen LogP contribution in [0.2, 0.25) is 0 Å². The van der Waals surface area contributed by atoms with Crippen LogP contribution in [0.5, 0.6) is 0 Å². The van der Waals surface area contributed by atoms with Crippen molar-refractivity contribution in [1.29, 1.82) is 0 Å². The van der Waals surface area contributed by atoms with Gasteiger partial charge in [-0.05, 0) is 6.92 Å². The molecule has 0 aromatic rings. The third-order valence-electron chi connectivity index (χ3n) is 0.832. The van der Waals surface area contributed by atoms with Crippen LogP contribution >= 0.6 is 7.68 Å². The molecule has 0 fully saturated rings. The lowest BCUT2D eigenvalue weighted by molar-refractivity contribution is 0.423. The molecule has 0 rings (SSSR count). The maximum Gasteiger partial charge on any atom is 0.384 e. The van der Waals surface area contributed by atoms with Gasteiger partial charge in [-0.2, -0.15) is 0 Å². The van der Waals surface area contributed by atoms with Gasteiger partial charge in [0.05, 0.1) is 0 Å². The van der Waals surface area contributed by atoms with Crippen molar-refractivity contribution in [2.75, 3.05) is 0 Å². The molecule has 3 nitrogen and oxygen atoms in total. The zero-order valence-corrected chi connectivity index (χ0v) is 5.89. The zero-order chi connectivity index (χ0) is 7.44. The minimum atomic E-state index is -2.84. The summed E-state index contributed by atoms with van der Waals surface area (Å²) in [4.78, 5) is 0. The van der Waals surface area contributed by atoms with Gasteiger partial charge in [-0.25, -0.2) is 9.13 Å². The average molecular weight is 146 g/mol. The van der Waals surface area contributed by atoms with E-state index in [1.165, 1.54) is 13.0 Å². The average Bonchev–Trinajstić information content (AvgIpc) is 1.84. The Bertz CT molecular complexity index is 204. The summed E-state index contributed by atoms with van der Waals surface area (Å²) in [5.41, 5.74) is -0.342. The van der Waals surface area contributed by atoms with E-state index >= 15 is 0 Å². The summed E-state index contributed by atoms with van der Waals surface area (Å²) >= 11 is 0. The van der Waals surface area contributed by atoms with Gasteiger partial charge in [-0.1, -0.05) is 12.7 Å². The first-order valence-electron chi connectivity index (χ1n) is 2.26. The highest BCUT2D eigenvalue weighted by Gasteiger charge is 2.00. The van der Waals surface area contributed by atoms with E-state index in [1.807, 2.05) is 0 Å². The van der Waals surface area contributed by atoms with E-state index in [9.17, 15) is 9.13 Å². The van der Waals surface area contributed by atoms with Crippen LogP contribution in [0.25, 0.3) is 0 Å². The molecule has 0 atom stereocenters. The quantitative estimate of drug-likeness (QED) is 0.368. The van der Waals surface area contributed by atoms with Crippen molar-refractivity contribution in [3.05, 3.63) is 23.7 Å². The maximum absolute atomic E-state index is 9.98. The number of aliphatic hydroxyl groups excluding tert-OH is 1. The minimum Gasteiger partial charge on any atom is -0.499 e. The first kappa shape index (κ1) is 8.18. The van der Waals surface area contributed by atoms with E-state index in [0.29, 0.717) is 0 Å². The predicted octanol–water partition coefficient (Wildman–Crippen LogP) is 2.13. The molecule has 0 aliphatic carbocycles. The van der Waals surface area contributed by atoms with Gasteiger partial charge in [-0.3, -0.25) is 0 Å². The first-order valence-corrected chi connectivity index (χ1v) is 3.44. The summed E-state index contributed by atoms with van der Waals surface area (Å²) in [6, 6.07) is 0. The van der Waals surface area contributed by atoms with Crippen molar-refractivity contribution in [3.63, 3.8) is 0 Å². The lowest BCUT2D eigenvalue weighted by Crippen LogP contribution is -1.73. The summed E-state index contributed by atoms with van der Waals surface area (Å²) in [7, 11) is -2.84. The summed E-state index contributed by atoms with van der Waals surface area (Å²) in [6.45, 7) is 4.74. The van der Waals surface area contributed by atoms with Crippen LogP contribution in [-0.4, -0.2) is 5.11 Å². The molecule has 0 aromatic heterocycles. The molecule has 0 saturated heterocycles. The summed E-state index contributed by atoms with van der Waals surface area (Å²) < 4.78 is 20.0. The second-order valence-electron chi connectivity index (χ2n) is 1.47. The van der Waals surface area contributed by atoms with E-state index in [4.69, 9.17) is 5.11 Å². The molecule has 0 bridgehead atoms. The van der Waals surface area contributed by atoms with Crippen molar-refractivity contribution in [3.8, 4) is 0 Å². The predicted molar refractivity (Wildman–Crippen MR) is 33.8 cm³/mol. The first-order chi connectivity index (χ1) is 4.09. The molecule has 4 heteroatoms. The Morgan fingerprint density at radius 2 is 2.11 bits per heavy atom. The van der Waals surface area contributed by atoms with Crippen molar-refractivity contribution in [2.45, 2.75) is 6.92 Å². The normalized spacial score (nSPS) is 12.1. The highest BCUT2D eigenvalue weighted by Crippen LogP contribution is 2.19. The molecule has 0 heterocycles. The van der Waals surface area contributed by atoms with Gasteiger partial charge in [0.1, 0.15) is 0 Å². The standard InChI is InChI=1S/C5H7O3P/c1-3-4(2)5(6)9(7)8/h3,6H,1H2,2H3/b5-4-. The number of hydrogen-bond donors (Lipinski definition) is 1. The van der Waals surface area contributed by atoms with Crippen molar-refractivity contribution in [2.24, 2.45) is 0 Å². The number of hydrogen-bond acceptors (Lipinski definition) is 3. The number of rotatable bonds is 2. The van der Waals surface area contributed by atoms with E-state index < -0.39 is 13.2 Å². The van der Waals surface area contributed by atoms with Gasteiger partial charge in [-0.15, -0.1) is 0 Å². The lowest BCUT2D eigenvalue weighted by Gasteiger charge is -1.87. The zero-order valence-electron chi connectivity index (χ0n) is 5.00. The topological polar surface area (TPSA) is 54.4 Å². The monoisotopic (exact) mass is 146 g/mol. The van der Waals surface area contributed by atoms with Gasteiger partial charge < -0.3 is 5.11 Å². The summed E-state index contributed by atoms with van der Waals surface area (Å²) in [6.07, 6.45) is 1.28. The molecule has 0 unspecified atom stereocenters. The molecule has 0 amide bonds. The number of allylic oxidation sites excluding steroid dienone is 2. The smallest absolute Gasteiger partial charge is 0.384 e. The molecule has 0 saturated carbocycles. The van der Waals surface area contributed by atoms with E-state index in [-0.39, 0.29) is 5.57 Å². The van der Waals surface area contributed by atoms with Crippen molar-refractivity contribution >= 4 is 7.68 Å². The van der Waals surface area contributed by atoms with E-state index in [1.54, 1.807) is 0 Å². The van der Waals surface area contributed by atoms with Crippen LogP contribution in [0.1, 0.15) is 6.92 Å². The highest BCUT2D eigenvalue weighted by molar-refractivity contribution is 7.35. The van der Waals surface area contributed by atoms with Crippen molar-refractivity contribution < 1.29 is 14.2 Å². The maximum atomic E-state index is 9.98. The number of aliphatic hydroxyl groups is 1. The molecular formula is C5H7O3P. The fourth-order valence-corrected chi connectivity index (χ4v) is 0.615. The van der Waals surface area contributed by atoms with Crippen LogP contribution in [0.15, 0.2) is 23.7 Å². The van der Waals surface area contributed by atoms with Gasteiger partial charge in [0, 0.05) is 5.57 Å². The van der Waals surface area contributed by atoms with Crippen LogP contribution in [0, 0.1) is 0 Å². The minimum absolute atomic E-state index is 0.270. The van der Waals surface area contributed by atoms with E-state index in [2.05, 4.69) is 6.58 Å². The highest BCUT2D eigenvalue weighted by atomic mass is 31.1. The Balaban J connectivity index is 4.69. The summed E-state index contributed by atoms with van der Waals surface area (Å²) in [5, 5.41) is 8.61. The van der Waals surface area contributed by atoms with Crippen LogP contribution in [-0.2, 0) is 9.13 Å². The Hall–Kier alpha value is -0.820. The lowest BCUT2D eigenvalue weighted by atomic mass is 10.3. The molecule has 0 aliphatic heterocycles. The third kappa shape index (κ3) is 2.29. The largest absolute Gasteiger partial charge is 0.499 e. The van der Waals surface area contributed by atoms with Gasteiger partial charge in [0.15, 0.2) is 0 Å². The van der Waals surface area contributed by atoms with Gasteiger partial charge in [0.25, 0.3) is 0 Å². The van der Waals surface area contributed by atoms with Gasteiger partial charge >= 0.3 is 7.68 Å². The fourth-order valence-electron chi connectivity index (χ4n) is 0.235.